The van der Waals surface area contributed by atoms with Crippen molar-refractivity contribution >= 4 is 11.9 Å². The number of nitrogens with zero attached hydrogens (tertiary/aromatic N) is 2. The molecule has 2 N–H and O–H groups in total. The molecule has 2 aromatic rings. The zero-order chi connectivity index (χ0) is 25.4. The molecule has 1 amide bonds. The van der Waals surface area contributed by atoms with Crippen LogP contribution in [0.4, 0.5) is 0 Å². The first kappa shape index (κ1) is 26.6. The van der Waals surface area contributed by atoms with Crippen molar-refractivity contribution in [2.24, 2.45) is 5.92 Å². The smallest absolute Gasteiger partial charge is 0.305 e. The highest BCUT2D eigenvalue weighted by Gasteiger charge is 2.27. The van der Waals surface area contributed by atoms with E-state index in [0.717, 1.165) is 36.9 Å². The summed E-state index contributed by atoms with van der Waals surface area (Å²) in [6.45, 7) is 4.02. The van der Waals surface area contributed by atoms with Crippen LogP contribution in [0.1, 0.15) is 88.2 Å². The number of hydrogen-bond acceptors (Lipinski definition) is 5. The number of rotatable bonds is 10. The summed E-state index contributed by atoms with van der Waals surface area (Å²) in [4.78, 5) is 24.6. The van der Waals surface area contributed by atoms with Crippen molar-refractivity contribution in [2.75, 3.05) is 14.2 Å². The summed E-state index contributed by atoms with van der Waals surface area (Å²) in [6.07, 6.45) is 8.31. The van der Waals surface area contributed by atoms with Gasteiger partial charge in [-0.1, -0.05) is 52.0 Å². The van der Waals surface area contributed by atoms with Crippen LogP contribution >= 0.6 is 0 Å². The van der Waals surface area contributed by atoms with Gasteiger partial charge in [-0.3, -0.25) is 14.3 Å². The third-order valence-corrected chi connectivity index (χ3v) is 6.59. The van der Waals surface area contributed by atoms with Gasteiger partial charge in [-0.25, -0.2) is 0 Å². The summed E-state index contributed by atoms with van der Waals surface area (Å²) < 4.78 is 13.3. The molecule has 1 aromatic heterocycles. The largest absolute Gasteiger partial charge is 0.496 e. The molecule has 0 aliphatic heterocycles. The van der Waals surface area contributed by atoms with Crippen molar-refractivity contribution < 1.29 is 24.2 Å². The Hall–Kier alpha value is -3.03. The first-order valence-corrected chi connectivity index (χ1v) is 12.7. The van der Waals surface area contributed by atoms with Crippen LogP contribution in [0.25, 0.3) is 11.3 Å². The second-order valence-electron chi connectivity index (χ2n) is 9.79. The SMILES string of the molecule is COc1cccc(OC)c1-c1cc(C(=O)NC(CC(=O)O)CC(C)C)nn1C1CCCCCCC1. The van der Waals surface area contributed by atoms with Gasteiger partial charge in [0.2, 0.25) is 0 Å². The standard InChI is InChI=1S/C27H39N3O5/c1-18(2)15-19(16-25(31)32)28-27(33)21-17-22(26-23(34-3)13-10-14-24(26)35-4)30(29-21)20-11-8-6-5-7-9-12-20/h10,13-14,17-20H,5-9,11-12,15-16H2,1-4H3,(H,28,33)(H,31,32). The Balaban J connectivity index is 2.04. The number of carboxylic acids is 1. The van der Waals surface area contributed by atoms with Gasteiger partial charge < -0.3 is 19.9 Å². The molecule has 1 atom stereocenters. The normalized spacial score (nSPS) is 15.8. The number of methoxy groups -OCH3 is 2. The minimum absolute atomic E-state index is 0.125. The number of hydrogen-bond donors (Lipinski definition) is 2. The highest BCUT2D eigenvalue weighted by Crippen LogP contribution is 2.41. The summed E-state index contributed by atoms with van der Waals surface area (Å²) in [5, 5.41) is 17.0. The van der Waals surface area contributed by atoms with Crippen LogP contribution in [0.15, 0.2) is 24.3 Å². The van der Waals surface area contributed by atoms with Gasteiger partial charge in [0.05, 0.1) is 37.9 Å². The van der Waals surface area contributed by atoms with Crippen molar-refractivity contribution in [3.05, 3.63) is 30.0 Å². The molecule has 1 aromatic carbocycles. The van der Waals surface area contributed by atoms with E-state index in [4.69, 9.17) is 14.6 Å². The number of aromatic nitrogens is 2. The van der Waals surface area contributed by atoms with Crippen LogP contribution in [0, 0.1) is 5.92 Å². The van der Waals surface area contributed by atoms with E-state index in [1.165, 1.54) is 19.3 Å². The molecule has 192 valence electrons. The quantitative estimate of drug-likeness (QED) is 0.462. The number of benzene rings is 1. The molecule has 1 heterocycles. The van der Waals surface area contributed by atoms with Gasteiger partial charge >= 0.3 is 5.97 Å². The monoisotopic (exact) mass is 485 g/mol. The van der Waals surface area contributed by atoms with Gasteiger partial charge in [0.25, 0.3) is 5.91 Å². The maximum Gasteiger partial charge on any atom is 0.305 e. The number of aliphatic carboxylic acids is 1. The predicted octanol–water partition coefficient (Wildman–Crippen LogP) is 5.47. The van der Waals surface area contributed by atoms with E-state index in [1.807, 2.05) is 36.7 Å². The van der Waals surface area contributed by atoms with E-state index >= 15 is 0 Å². The number of nitrogens with one attached hydrogen (secondary N) is 1. The van der Waals surface area contributed by atoms with E-state index in [2.05, 4.69) is 5.32 Å². The third kappa shape index (κ3) is 6.99. The van der Waals surface area contributed by atoms with Gasteiger partial charge in [-0.05, 0) is 43.4 Å². The lowest BCUT2D eigenvalue weighted by atomic mass is 9.96. The average molecular weight is 486 g/mol. The van der Waals surface area contributed by atoms with E-state index in [0.29, 0.717) is 17.9 Å². The number of amides is 1. The molecule has 0 radical (unpaired) electrons. The van der Waals surface area contributed by atoms with E-state index in [9.17, 15) is 14.7 Å². The summed E-state index contributed by atoms with van der Waals surface area (Å²) in [5.74, 6) is 0.242. The maximum absolute atomic E-state index is 13.3. The fourth-order valence-electron chi connectivity index (χ4n) is 4.99. The molecular formula is C27H39N3O5. The van der Waals surface area contributed by atoms with Crippen molar-refractivity contribution in [1.82, 2.24) is 15.1 Å². The number of ether oxygens (including phenoxy) is 2. The number of carbonyl (C=O) groups excluding carboxylic acids is 1. The van der Waals surface area contributed by atoms with Crippen LogP contribution in [0.3, 0.4) is 0 Å². The Morgan fingerprint density at radius 3 is 2.23 bits per heavy atom. The van der Waals surface area contributed by atoms with Crippen LogP contribution in [0.2, 0.25) is 0 Å². The third-order valence-electron chi connectivity index (χ3n) is 6.59. The Morgan fingerprint density at radius 2 is 1.69 bits per heavy atom. The minimum atomic E-state index is -0.935. The molecule has 35 heavy (non-hydrogen) atoms. The van der Waals surface area contributed by atoms with E-state index < -0.39 is 12.0 Å². The molecule has 3 rings (SSSR count). The number of carbonyl (C=O) groups is 2. The Morgan fingerprint density at radius 1 is 1.09 bits per heavy atom. The van der Waals surface area contributed by atoms with Crippen molar-refractivity contribution in [3.63, 3.8) is 0 Å². The zero-order valence-corrected chi connectivity index (χ0v) is 21.4. The first-order chi connectivity index (χ1) is 16.8. The molecule has 8 nitrogen and oxygen atoms in total. The van der Waals surface area contributed by atoms with Gasteiger partial charge in [0.1, 0.15) is 11.5 Å². The topological polar surface area (TPSA) is 103 Å². The molecule has 1 saturated carbocycles. The van der Waals surface area contributed by atoms with E-state index in [-0.39, 0.29) is 30.0 Å². The Labute approximate surface area is 208 Å². The fourth-order valence-corrected chi connectivity index (χ4v) is 4.99. The molecule has 0 bridgehead atoms. The molecule has 0 saturated heterocycles. The van der Waals surface area contributed by atoms with Crippen molar-refractivity contribution in [1.29, 1.82) is 0 Å². The average Bonchev–Trinajstić information content (AvgIpc) is 3.22. The number of carboxylic acid groups (broad SMARTS) is 1. The van der Waals surface area contributed by atoms with Crippen LogP contribution in [0.5, 0.6) is 11.5 Å². The lowest BCUT2D eigenvalue weighted by Gasteiger charge is -2.23. The second-order valence-corrected chi connectivity index (χ2v) is 9.79. The summed E-state index contributed by atoms with van der Waals surface area (Å²) >= 11 is 0. The van der Waals surface area contributed by atoms with Crippen molar-refractivity contribution in [3.8, 4) is 22.8 Å². The van der Waals surface area contributed by atoms with Crippen LogP contribution in [-0.2, 0) is 4.79 Å². The molecule has 1 aliphatic rings. The van der Waals surface area contributed by atoms with E-state index in [1.54, 1.807) is 20.3 Å². The lowest BCUT2D eigenvalue weighted by Crippen LogP contribution is -2.37. The fraction of sp³-hybridized carbons (Fsp3) is 0.593. The van der Waals surface area contributed by atoms with Crippen LogP contribution in [-0.4, -0.2) is 47.0 Å². The molecule has 1 fully saturated rings. The zero-order valence-electron chi connectivity index (χ0n) is 21.4. The van der Waals surface area contributed by atoms with Crippen molar-refractivity contribution in [2.45, 2.75) is 83.7 Å². The lowest BCUT2D eigenvalue weighted by molar-refractivity contribution is -0.137. The molecule has 0 spiro atoms. The summed E-state index contributed by atoms with van der Waals surface area (Å²) in [5.41, 5.74) is 1.80. The summed E-state index contributed by atoms with van der Waals surface area (Å²) in [6, 6.07) is 7.09. The van der Waals surface area contributed by atoms with Gasteiger partial charge in [-0.15, -0.1) is 0 Å². The van der Waals surface area contributed by atoms with Gasteiger partial charge in [-0.2, -0.15) is 5.10 Å². The van der Waals surface area contributed by atoms with Gasteiger partial charge in [0, 0.05) is 6.04 Å². The van der Waals surface area contributed by atoms with Gasteiger partial charge in [0.15, 0.2) is 5.69 Å². The maximum atomic E-state index is 13.3. The van der Waals surface area contributed by atoms with Crippen LogP contribution < -0.4 is 14.8 Å². The highest BCUT2D eigenvalue weighted by atomic mass is 16.5. The highest BCUT2D eigenvalue weighted by molar-refractivity contribution is 5.94. The molecule has 1 unspecified atom stereocenters. The Bertz CT molecular complexity index is 970. The second kappa shape index (κ2) is 12.6. The Kier molecular flexibility index (Phi) is 9.57. The summed E-state index contributed by atoms with van der Waals surface area (Å²) in [7, 11) is 3.23. The molecular weight excluding hydrogens is 446 g/mol. The minimum Gasteiger partial charge on any atom is -0.496 e. The molecule has 1 aliphatic carbocycles. The first-order valence-electron chi connectivity index (χ1n) is 12.7. The predicted molar refractivity (Wildman–Crippen MR) is 135 cm³/mol. The molecule has 8 heteroatoms.